The lowest BCUT2D eigenvalue weighted by Gasteiger charge is -2.13. The van der Waals surface area contributed by atoms with Crippen molar-refractivity contribution in [1.82, 2.24) is 0 Å². The van der Waals surface area contributed by atoms with Gasteiger partial charge in [0.05, 0.1) is 19.3 Å². The summed E-state index contributed by atoms with van der Waals surface area (Å²) in [4.78, 5) is 23.4. The van der Waals surface area contributed by atoms with Crippen LogP contribution in [0.5, 0.6) is 5.75 Å². The molecule has 0 aromatic heterocycles. The second-order valence-corrected chi connectivity index (χ2v) is 6.27. The zero-order chi connectivity index (χ0) is 19.1. The highest BCUT2D eigenvalue weighted by Crippen LogP contribution is 2.27. The van der Waals surface area contributed by atoms with Gasteiger partial charge in [-0.15, -0.1) is 0 Å². The van der Waals surface area contributed by atoms with Gasteiger partial charge in [-0.05, 0) is 41.8 Å². The van der Waals surface area contributed by atoms with Gasteiger partial charge in [-0.2, -0.15) is 0 Å². The van der Waals surface area contributed by atoms with E-state index in [1.807, 2.05) is 24.3 Å². The second kappa shape index (κ2) is 8.89. The molecule has 0 bridgehead atoms. The molecule has 6 nitrogen and oxygen atoms in total. The third-order valence-corrected chi connectivity index (χ3v) is 3.82. The molecule has 6 heteroatoms. The van der Waals surface area contributed by atoms with Crippen LogP contribution in [-0.2, 0) is 9.59 Å². The molecule has 0 saturated heterocycles. The molecule has 0 saturated carbocycles. The smallest absolute Gasteiger partial charge is 0.243 e. The van der Waals surface area contributed by atoms with Crippen LogP contribution < -0.4 is 20.7 Å². The van der Waals surface area contributed by atoms with Gasteiger partial charge >= 0.3 is 0 Å². The minimum Gasteiger partial charge on any atom is -0.495 e. The van der Waals surface area contributed by atoms with Gasteiger partial charge in [0.2, 0.25) is 11.8 Å². The molecule has 2 aromatic rings. The topological polar surface area (TPSA) is 79.5 Å². The first kappa shape index (κ1) is 19.3. The first-order valence-corrected chi connectivity index (χ1v) is 8.48. The molecular formula is C20H25N3O3. The van der Waals surface area contributed by atoms with Crippen molar-refractivity contribution in [1.29, 1.82) is 0 Å². The van der Waals surface area contributed by atoms with E-state index < -0.39 is 0 Å². The van der Waals surface area contributed by atoms with Crippen LogP contribution in [0.15, 0.2) is 42.5 Å². The van der Waals surface area contributed by atoms with Gasteiger partial charge in [0, 0.05) is 18.3 Å². The highest BCUT2D eigenvalue weighted by molar-refractivity contribution is 5.94. The van der Waals surface area contributed by atoms with Crippen molar-refractivity contribution in [2.45, 2.75) is 26.7 Å². The van der Waals surface area contributed by atoms with E-state index in [2.05, 4.69) is 29.8 Å². The maximum atomic E-state index is 12.2. The fraction of sp³-hybridized carbons (Fsp3) is 0.300. The lowest BCUT2D eigenvalue weighted by Crippen LogP contribution is -2.22. The summed E-state index contributed by atoms with van der Waals surface area (Å²) < 4.78 is 5.28. The Hall–Kier alpha value is -3.02. The molecule has 0 aliphatic rings. The van der Waals surface area contributed by atoms with Gasteiger partial charge in [-0.25, -0.2) is 0 Å². The standard InChI is InChI=1S/C20H25N3O3/c1-13(2)15-5-7-16(8-6-15)23-20(25)12-21-18-11-17(22-14(3)24)9-10-19(18)26-4/h5-11,13,21H,12H2,1-4H3,(H,22,24)(H,23,25). The van der Waals surface area contributed by atoms with Crippen LogP contribution in [0, 0.1) is 0 Å². The summed E-state index contributed by atoms with van der Waals surface area (Å²) in [6.07, 6.45) is 0. The zero-order valence-corrected chi connectivity index (χ0v) is 15.6. The molecule has 0 aliphatic heterocycles. The van der Waals surface area contributed by atoms with Gasteiger partial charge in [-0.3, -0.25) is 9.59 Å². The summed E-state index contributed by atoms with van der Waals surface area (Å²) in [5.74, 6) is 0.705. The Morgan fingerprint density at radius 2 is 1.65 bits per heavy atom. The first-order valence-electron chi connectivity index (χ1n) is 8.48. The summed E-state index contributed by atoms with van der Waals surface area (Å²) in [6.45, 7) is 5.76. The first-order chi connectivity index (χ1) is 12.4. The van der Waals surface area contributed by atoms with Gasteiger partial charge in [0.1, 0.15) is 5.75 Å². The molecule has 0 atom stereocenters. The maximum Gasteiger partial charge on any atom is 0.243 e. The molecule has 2 amide bonds. The Kier molecular flexibility index (Phi) is 6.60. The predicted molar refractivity (Wildman–Crippen MR) is 105 cm³/mol. The number of anilines is 3. The summed E-state index contributed by atoms with van der Waals surface area (Å²) >= 11 is 0. The van der Waals surface area contributed by atoms with E-state index in [4.69, 9.17) is 4.74 Å². The van der Waals surface area contributed by atoms with E-state index >= 15 is 0 Å². The minimum atomic E-state index is -0.172. The molecule has 26 heavy (non-hydrogen) atoms. The van der Waals surface area contributed by atoms with Crippen LogP contribution >= 0.6 is 0 Å². The van der Waals surface area contributed by atoms with Gasteiger partial charge in [0.25, 0.3) is 0 Å². The van der Waals surface area contributed by atoms with Crippen LogP contribution in [0.25, 0.3) is 0 Å². The van der Waals surface area contributed by atoms with Crippen molar-refractivity contribution in [3.8, 4) is 5.75 Å². The Morgan fingerprint density at radius 3 is 2.23 bits per heavy atom. The third kappa shape index (κ3) is 5.51. The van der Waals surface area contributed by atoms with Gasteiger partial charge in [0.15, 0.2) is 0 Å². The summed E-state index contributed by atoms with van der Waals surface area (Å²) in [6, 6.07) is 13.0. The molecule has 0 heterocycles. The number of methoxy groups -OCH3 is 1. The number of benzene rings is 2. The average Bonchev–Trinajstić information content (AvgIpc) is 2.60. The van der Waals surface area contributed by atoms with Crippen molar-refractivity contribution in [2.75, 3.05) is 29.6 Å². The molecule has 2 aromatic carbocycles. The molecule has 0 fully saturated rings. The summed E-state index contributed by atoms with van der Waals surface area (Å²) in [7, 11) is 1.55. The van der Waals surface area contributed by atoms with E-state index in [0.29, 0.717) is 23.0 Å². The highest BCUT2D eigenvalue weighted by Gasteiger charge is 2.08. The zero-order valence-electron chi connectivity index (χ0n) is 15.6. The maximum absolute atomic E-state index is 12.2. The normalized spacial score (nSPS) is 10.3. The summed E-state index contributed by atoms with van der Waals surface area (Å²) in [5.41, 5.74) is 3.23. The number of carbonyl (C=O) groups excluding carboxylic acids is 2. The lowest BCUT2D eigenvalue weighted by atomic mass is 10.0. The van der Waals surface area contributed by atoms with Gasteiger partial charge in [-0.1, -0.05) is 26.0 Å². The van der Waals surface area contributed by atoms with E-state index in [0.717, 1.165) is 5.69 Å². The number of hydrogen-bond donors (Lipinski definition) is 3. The van der Waals surface area contributed by atoms with Gasteiger partial charge < -0.3 is 20.7 Å². The molecule has 138 valence electrons. The molecule has 2 rings (SSSR count). The largest absolute Gasteiger partial charge is 0.495 e. The number of amides is 2. The Balaban J connectivity index is 1.98. The number of nitrogens with one attached hydrogen (secondary N) is 3. The molecule has 3 N–H and O–H groups in total. The predicted octanol–water partition coefficient (Wildman–Crippen LogP) is 3.83. The van der Waals surface area contributed by atoms with E-state index in [1.165, 1.54) is 12.5 Å². The van der Waals surface area contributed by atoms with Crippen LogP contribution in [0.4, 0.5) is 17.1 Å². The number of ether oxygens (including phenoxy) is 1. The van der Waals surface area contributed by atoms with Crippen molar-refractivity contribution in [2.24, 2.45) is 0 Å². The fourth-order valence-electron chi connectivity index (χ4n) is 2.46. The number of rotatable bonds is 7. The highest BCUT2D eigenvalue weighted by atomic mass is 16.5. The minimum absolute atomic E-state index is 0.0752. The van der Waals surface area contributed by atoms with E-state index in [1.54, 1.807) is 25.3 Å². The van der Waals surface area contributed by atoms with Crippen molar-refractivity contribution in [3.05, 3.63) is 48.0 Å². The Morgan fingerprint density at radius 1 is 1.00 bits per heavy atom. The SMILES string of the molecule is COc1ccc(NC(C)=O)cc1NCC(=O)Nc1ccc(C(C)C)cc1. The molecule has 0 radical (unpaired) electrons. The monoisotopic (exact) mass is 355 g/mol. The molecular weight excluding hydrogens is 330 g/mol. The van der Waals surface area contributed by atoms with Crippen LogP contribution in [0.2, 0.25) is 0 Å². The van der Waals surface area contributed by atoms with Crippen LogP contribution in [-0.4, -0.2) is 25.5 Å². The van der Waals surface area contributed by atoms with E-state index in [9.17, 15) is 9.59 Å². The average molecular weight is 355 g/mol. The number of hydrogen-bond acceptors (Lipinski definition) is 4. The molecule has 0 spiro atoms. The van der Waals surface area contributed by atoms with E-state index in [-0.39, 0.29) is 18.4 Å². The number of carbonyl (C=O) groups is 2. The van der Waals surface area contributed by atoms with Crippen molar-refractivity contribution in [3.63, 3.8) is 0 Å². The summed E-state index contributed by atoms with van der Waals surface area (Å²) in [5, 5.41) is 8.59. The fourth-order valence-corrected chi connectivity index (χ4v) is 2.46. The quantitative estimate of drug-likeness (QED) is 0.705. The van der Waals surface area contributed by atoms with Crippen molar-refractivity contribution < 1.29 is 14.3 Å². The van der Waals surface area contributed by atoms with Crippen LogP contribution in [0.3, 0.4) is 0 Å². The Labute approximate surface area is 153 Å². The third-order valence-electron chi connectivity index (χ3n) is 3.82. The molecule has 0 aliphatic carbocycles. The van der Waals surface area contributed by atoms with Crippen LogP contribution in [0.1, 0.15) is 32.3 Å². The molecule has 0 unspecified atom stereocenters. The lowest BCUT2D eigenvalue weighted by molar-refractivity contribution is -0.115. The van der Waals surface area contributed by atoms with Crippen molar-refractivity contribution >= 4 is 28.9 Å². The second-order valence-electron chi connectivity index (χ2n) is 6.27. The Bertz CT molecular complexity index is 770.